The van der Waals surface area contributed by atoms with Crippen molar-refractivity contribution >= 4 is 5.90 Å². The Morgan fingerprint density at radius 3 is 2.14 bits per heavy atom. The zero-order valence-electron chi connectivity index (χ0n) is 4.10. The van der Waals surface area contributed by atoms with E-state index in [1.165, 1.54) is 7.11 Å². The van der Waals surface area contributed by atoms with Gasteiger partial charge in [-0.2, -0.15) is 0 Å². The molecule has 0 unspecified atom stereocenters. The summed E-state index contributed by atoms with van der Waals surface area (Å²) in [6, 6.07) is 0. The second-order valence-electron chi connectivity index (χ2n) is 0.823. The Hall–Kier alpha value is -0.211. The number of rotatable bonds is 0. The van der Waals surface area contributed by atoms with E-state index < -0.39 is 0 Å². The Morgan fingerprint density at radius 1 is 1.71 bits per heavy atom. The van der Waals surface area contributed by atoms with Crippen LogP contribution in [0.3, 0.4) is 0 Å². The van der Waals surface area contributed by atoms with Gasteiger partial charge in [0, 0.05) is 24.0 Å². The molecule has 0 saturated carbocycles. The maximum Gasteiger partial charge on any atom is 0.221 e. The molecule has 0 bridgehead atoms. The van der Waals surface area contributed by atoms with Gasteiger partial charge in [0.05, 0.1) is 7.11 Å². The van der Waals surface area contributed by atoms with Crippen molar-refractivity contribution in [2.24, 2.45) is 5.16 Å². The molecule has 1 radical (unpaired) electrons. The molecule has 0 heterocycles. The molecule has 7 heavy (non-hydrogen) atoms. The molecule has 3 nitrogen and oxygen atoms in total. The van der Waals surface area contributed by atoms with Gasteiger partial charge in [0.1, 0.15) is 0 Å². The van der Waals surface area contributed by atoms with E-state index in [9.17, 15) is 0 Å². The molecule has 0 amide bonds. The molecule has 47 valence electrons. The SMILES string of the molecule is COC(C)=NO.[Cu]. The predicted octanol–water partition coefficient (Wildman–Crippen LogP) is 0.438. The molecule has 1 N–H and O–H groups in total. The van der Waals surface area contributed by atoms with Crippen LogP contribution in [-0.4, -0.2) is 18.2 Å². The fourth-order valence-electron chi connectivity index (χ4n) is 0.0408. The van der Waals surface area contributed by atoms with E-state index in [-0.39, 0.29) is 23.0 Å². The topological polar surface area (TPSA) is 41.8 Å². The summed E-state index contributed by atoms with van der Waals surface area (Å²) in [6.45, 7) is 1.56. The van der Waals surface area contributed by atoms with Crippen LogP contribution in [0.15, 0.2) is 5.16 Å². The minimum Gasteiger partial charge on any atom is -0.482 e. The van der Waals surface area contributed by atoms with E-state index in [4.69, 9.17) is 5.21 Å². The Balaban J connectivity index is 0. The van der Waals surface area contributed by atoms with Gasteiger partial charge >= 0.3 is 0 Å². The third-order valence-corrected chi connectivity index (χ3v) is 0.436. The van der Waals surface area contributed by atoms with Crippen LogP contribution in [0.2, 0.25) is 0 Å². The average Bonchev–Trinajstić information content (AvgIpc) is 1.65. The van der Waals surface area contributed by atoms with Crippen molar-refractivity contribution in [3.05, 3.63) is 0 Å². The van der Waals surface area contributed by atoms with Crippen LogP contribution >= 0.6 is 0 Å². The van der Waals surface area contributed by atoms with Crippen LogP contribution in [-0.2, 0) is 21.8 Å². The first-order chi connectivity index (χ1) is 2.81. The Bertz CT molecular complexity index is 64.0. The normalized spacial score (nSPS) is 9.71. The van der Waals surface area contributed by atoms with E-state index in [0.29, 0.717) is 0 Å². The largest absolute Gasteiger partial charge is 0.482 e. The Labute approximate surface area is 52.8 Å². The fourth-order valence-corrected chi connectivity index (χ4v) is 0.0408. The van der Waals surface area contributed by atoms with Crippen molar-refractivity contribution < 1.29 is 27.0 Å². The molecule has 0 rings (SSSR count). The van der Waals surface area contributed by atoms with Gasteiger partial charge in [-0.15, -0.1) is 0 Å². The number of hydrogen-bond acceptors (Lipinski definition) is 3. The smallest absolute Gasteiger partial charge is 0.221 e. The summed E-state index contributed by atoms with van der Waals surface area (Å²) in [6.07, 6.45) is 0. The van der Waals surface area contributed by atoms with E-state index in [2.05, 4.69) is 9.89 Å². The molecule has 0 aliphatic carbocycles. The van der Waals surface area contributed by atoms with Gasteiger partial charge < -0.3 is 9.94 Å². The number of methoxy groups -OCH3 is 1. The van der Waals surface area contributed by atoms with Gasteiger partial charge in [0.15, 0.2) is 0 Å². The van der Waals surface area contributed by atoms with Crippen LogP contribution in [0.4, 0.5) is 0 Å². The van der Waals surface area contributed by atoms with Gasteiger partial charge in [-0.05, 0) is 0 Å². The Kier molecular flexibility index (Phi) is 8.21. The van der Waals surface area contributed by atoms with Gasteiger partial charge in [-0.1, -0.05) is 5.16 Å². The summed E-state index contributed by atoms with van der Waals surface area (Å²) < 4.78 is 4.40. The van der Waals surface area contributed by atoms with Gasteiger partial charge in [-0.3, -0.25) is 0 Å². The standard InChI is InChI=1S/C3H7NO2.Cu/c1-3(4-5)6-2;/h5H,1-2H3;. The quantitative estimate of drug-likeness (QED) is 0.180. The minimum atomic E-state index is 0. The summed E-state index contributed by atoms with van der Waals surface area (Å²) in [5.41, 5.74) is 0. The number of nitrogens with zero attached hydrogens (tertiary/aromatic N) is 1. The van der Waals surface area contributed by atoms with Crippen molar-refractivity contribution in [3.8, 4) is 0 Å². The maximum atomic E-state index is 7.80. The molecule has 0 aromatic carbocycles. The Morgan fingerprint density at radius 2 is 2.14 bits per heavy atom. The summed E-state index contributed by atoms with van der Waals surface area (Å²) in [5, 5.41) is 10.5. The fraction of sp³-hybridized carbons (Fsp3) is 0.667. The molecule has 0 fully saturated rings. The van der Waals surface area contributed by atoms with E-state index in [1.54, 1.807) is 6.92 Å². The van der Waals surface area contributed by atoms with Crippen molar-refractivity contribution in [3.63, 3.8) is 0 Å². The number of ether oxygens (including phenoxy) is 1. The third-order valence-electron chi connectivity index (χ3n) is 0.436. The molecule has 0 saturated heterocycles. The maximum absolute atomic E-state index is 7.80. The second kappa shape index (κ2) is 5.79. The molecule has 0 aromatic rings. The van der Waals surface area contributed by atoms with Crippen LogP contribution in [0.1, 0.15) is 6.92 Å². The number of hydrogen-bond donors (Lipinski definition) is 1. The zero-order valence-corrected chi connectivity index (χ0v) is 5.05. The summed E-state index contributed by atoms with van der Waals surface area (Å²) in [7, 11) is 1.44. The minimum absolute atomic E-state index is 0. The van der Waals surface area contributed by atoms with E-state index in [1.807, 2.05) is 0 Å². The van der Waals surface area contributed by atoms with Crippen molar-refractivity contribution in [1.29, 1.82) is 0 Å². The predicted molar refractivity (Wildman–Crippen MR) is 21.9 cm³/mol. The van der Waals surface area contributed by atoms with Crippen molar-refractivity contribution in [2.45, 2.75) is 6.92 Å². The van der Waals surface area contributed by atoms with Crippen LogP contribution in [0, 0.1) is 0 Å². The average molecular weight is 153 g/mol. The number of oxime groups is 1. The van der Waals surface area contributed by atoms with Gasteiger partial charge in [0.25, 0.3) is 0 Å². The van der Waals surface area contributed by atoms with E-state index >= 15 is 0 Å². The third kappa shape index (κ3) is 5.79. The van der Waals surface area contributed by atoms with Crippen LogP contribution in [0.25, 0.3) is 0 Å². The van der Waals surface area contributed by atoms with Crippen molar-refractivity contribution in [1.82, 2.24) is 0 Å². The summed E-state index contributed by atoms with van der Waals surface area (Å²) >= 11 is 0. The first kappa shape index (κ1) is 9.92. The molecule has 0 aliphatic heterocycles. The van der Waals surface area contributed by atoms with Crippen LogP contribution < -0.4 is 0 Å². The molecule has 4 heteroatoms. The molecule has 0 aromatic heterocycles. The monoisotopic (exact) mass is 152 g/mol. The van der Waals surface area contributed by atoms with Crippen LogP contribution in [0.5, 0.6) is 0 Å². The molecular formula is C3H7CuNO2. The summed E-state index contributed by atoms with van der Waals surface area (Å²) in [4.78, 5) is 0. The van der Waals surface area contributed by atoms with Gasteiger partial charge in [-0.25, -0.2) is 0 Å². The van der Waals surface area contributed by atoms with Gasteiger partial charge in [0.2, 0.25) is 5.90 Å². The molecule has 0 spiro atoms. The van der Waals surface area contributed by atoms with Crippen molar-refractivity contribution in [2.75, 3.05) is 7.11 Å². The first-order valence-electron chi connectivity index (χ1n) is 1.54. The molecule has 0 atom stereocenters. The van der Waals surface area contributed by atoms with E-state index in [0.717, 1.165) is 0 Å². The first-order valence-corrected chi connectivity index (χ1v) is 1.54. The molecule has 0 aliphatic rings. The second-order valence-corrected chi connectivity index (χ2v) is 0.823. The molecular weight excluding hydrogens is 146 g/mol. The summed E-state index contributed by atoms with van der Waals surface area (Å²) in [5.74, 6) is 0.273. The zero-order chi connectivity index (χ0) is 4.99.